The van der Waals surface area contributed by atoms with Gasteiger partial charge in [-0.1, -0.05) is 23.2 Å². The molecule has 1 amide bonds. The number of rotatable bonds is 5. The van der Waals surface area contributed by atoms with Crippen molar-refractivity contribution in [1.29, 1.82) is 0 Å². The van der Waals surface area contributed by atoms with Gasteiger partial charge in [0.15, 0.2) is 6.61 Å². The molecule has 0 atom stereocenters. The number of hydrogen-bond donors (Lipinski definition) is 1. The lowest BCUT2D eigenvalue weighted by molar-refractivity contribution is -0.119. The third-order valence-corrected chi connectivity index (χ3v) is 3.47. The number of benzene rings is 2. The third kappa shape index (κ3) is 4.59. The largest absolute Gasteiger partial charge is 0.496 e. The summed E-state index contributed by atoms with van der Waals surface area (Å²) in [5.41, 5.74) is 0.303. The molecule has 126 valence electrons. The number of halogens is 3. The molecular formula is C16H12Cl2FNO4. The highest BCUT2D eigenvalue weighted by atomic mass is 35.5. The molecule has 0 unspecified atom stereocenters. The second-order valence-corrected chi connectivity index (χ2v) is 5.44. The molecule has 8 heteroatoms. The fraction of sp³-hybridized carbons (Fsp3) is 0.125. The lowest BCUT2D eigenvalue weighted by atomic mass is 10.2. The average molecular weight is 372 g/mol. The number of ether oxygens (including phenoxy) is 2. The Morgan fingerprint density at radius 3 is 2.58 bits per heavy atom. The molecule has 0 saturated carbocycles. The van der Waals surface area contributed by atoms with Gasteiger partial charge in [-0.05, 0) is 36.4 Å². The van der Waals surface area contributed by atoms with Crippen LogP contribution in [0.25, 0.3) is 0 Å². The van der Waals surface area contributed by atoms with Crippen LogP contribution in [0.5, 0.6) is 5.75 Å². The first-order chi connectivity index (χ1) is 11.4. The minimum absolute atomic E-state index is 0.0335. The number of methoxy groups -OCH3 is 1. The fourth-order valence-electron chi connectivity index (χ4n) is 1.83. The van der Waals surface area contributed by atoms with Crippen molar-refractivity contribution in [3.8, 4) is 5.75 Å². The van der Waals surface area contributed by atoms with Crippen LogP contribution in [0.15, 0.2) is 36.4 Å². The molecule has 0 aromatic heterocycles. The molecule has 0 aliphatic carbocycles. The molecule has 2 aromatic rings. The molecule has 0 aliphatic heterocycles. The maximum Gasteiger partial charge on any atom is 0.342 e. The maximum absolute atomic E-state index is 12.9. The summed E-state index contributed by atoms with van der Waals surface area (Å²) >= 11 is 11.6. The third-order valence-electron chi connectivity index (χ3n) is 2.92. The summed E-state index contributed by atoms with van der Waals surface area (Å²) in [4.78, 5) is 23.8. The Morgan fingerprint density at radius 1 is 1.17 bits per heavy atom. The molecule has 0 spiro atoms. The van der Waals surface area contributed by atoms with Crippen molar-refractivity contribution >= 4 is 40.8 Å². The summed E-state index contributed by atoms with van der Waals surface area (Å²) in [5.74, 6) is -1.66. The first-order valence-corrected chi connectivity index (χ1v) is 7.42. The van der Waals surface area contributed by atoms with E-state index < -0.39 is 24.3 Å². The van der Waals surface area contributed by atoms with Crippen LogP contribution in [-0.2, 0) is 9.53 Å². The summed E-state index contributed by atoms with van der Waals surface area (Å²) in [6, 6.07) is 7.94. The van der Waals surface area contributed by atoms with Gasteiger partial charge in [-0.2, -0.15) is 0 Å². The topological polar surface area (TPSA) is 64.6 Å². The number of anilines is 1. The number of nitrogens with one attached hydrogen (secondary N) is 1. The quantitative estimate of drug-likeness (QED) is 0.808. The second-order valence-electron chi connectivity index (χ2n) is 4.59. The van der Waals surface area contributed by atoms with Crippen molar-refractivity contribution in [2.24, 2.45) is 0 Å². The van der Waals surface area contributed by atoms with Crippen molar-refractivity contribution in [3.05, 3.63) is 57.8 Å². The Kier molecular flexibility index (Phi) is 6.00. The predicted molar refractivity (Wildman–Crippen MR) is 88.3 cm³/mol. The molecule has 0 radical (unpaired) electrons. The van der Waals surface area contributed by atoms with Crippen LogP contribution < -0.4 is 10.1 Å². The normalized spacial score (nSPS) is 10.2. The zero-order valence-electron chi connectivity index (χ0n) is 12.4. The van der Waals surface area contributed by atoms with E-state index >= 15 is 0 Å². The SMILES string of the molecule is COc1ccc(Cl)cc1C(=O)OCC(=O)Nc1ccc(F)cc1Cl. The summed E-state index contributed by atoms with van der Waals surface area (Å²) < 4.78 is 22.9. The minimum Gasteiger partial charge on any atom is -0.496 e. The Labute approximate surface area is 147 Å². The Balaban J connectivity index is 1.99. The van der Waals surface area contributed by atoms with Crippen molar-refractivity contribution in [2.75, 3.05) is 19.0 Å². The summed E-state index contributed by atoms with van der Waals surface area (Å²) in [5, 5.41) is 2.77. The van der Waals surface area contributed by atoms with Crippen LogP contribution in [0.3, 0.4) is 0 Å². The van der Waals surface area contributed by atoms with Gasteiger partial charge in [0.1, 0.15) is 17.1 Å². The second kappa shape index (κ2) is 7.99. The van der Waals surface area contributed by atoms with Crippen LogP contribution in [0.4, 0.5) is 10.1 Å². The van der Waals surface area contributed by atoms with E-state index in [-0.39, 0.29) is 22.0 Å². The molecular weight excluding hydrogens is 360 g/mol. The highest BCUT2D eigenvalue weighted by Crippen LogP contribution is 2.24. The van der Waals surface area contributed by atoms with Crippen molar-refractivity contribution in [3.63, 3.8) is 0 Å². The van der Waals surface area contributed by atoms with Crippen LogP contribution >= 0.6 is 23.2 Å². The van der Waals surface area contributed by atoms with Crippen LogP contribution in [-0.4, -0.2) is 25.6 Å². The van der Waals surface area contributed by atoms with E-state index in [1.54, 1.807) is 6.07 Å². The number of carbonyl (C=O) groups is 2. The number of esters is 1. The molecule has 0 bridgehead atoms. The van der Waals surface area contributed by atoms with E-state index in [0.717, 1.165) is 12.1 Å². The van der Waals surface area contributed by atoms with Crippen molar-refractivity contribution in [2.45, 2.75) is 0 Å². The lowest BCUT2D eigenvalue weighted by Crippen LogP contribution is -2.21. The zero-order valence-corrected chi connectivity index (χ0v) is 13.9. The summed E-state index contributed by atoms with van der Waals surface area (Å²) in [7, 11) is 1.39. The molecule has 0 fully saturated rings. The van der Waals surface area contributed by atoms with E-state index in [1.807, 2.05) is 0 Å². The molecule has 1 N–H and O–H groups in total. The molecule has 0 saturated heterocycles. The van der Waals surface area contributed by atoms with Gasteiger partial charge in [-0.25, -0.2) is 9.18 Å². The molecule has 2 aromatic carbocycles. The molecule has 5 nitrogen and oxygen atoms in total. The van der Waals surface area contributed by atoms with Crippen molar-refractivity contribution < 1.29 is 23.5 Å². The van der Waals surface area contributed by atoms with Crippen LogP contribution in [0.1, 0.15) is 10.4 Å². The van der Waals surface area contributed by atoms with Gasteiger partial charge >= 0.3 is 5.97 Å². The van der Waals surface area contributed by atoms with Gasteiger partial charge in [-0.3, -0.25) is 4.79 Å². The van der Waals surface area contributed by atoms with Gasteiger partial charge < -0.3 is 14.8 Å². The highest BCUT2D eigenvalue weighted by Gasteiger charge is 2.16. The maximum atomic E-state index is 12.9. The average Bonchev–Trinajstić information content (AvgIpc) is 2.55. The number of amides is 1. The van der Waals surface area contributed by atoms with E-state index in [2.05, 4.69) is 5.32 Å². The highest BCUT2D eigenvalue weighted by molar-refractivity contribution is 6.33. The zero-order chi connectivity index (χ0) is 17.7. The summed E-state index contributed by atoms with van der Waals surface area (Å²) in [6.45, 7) is -0.553. The lowest BCUT2D eigenvalue weighted by Gasteiger charge is -2.10. The Bertz CT molecular complexity index is 783. The van der Waals surface area contributed by atoms with Gasteiger partial charge in [-0.15, -0.1) is 0 Å². The standard InChI is InChI=1S/C16H12Cl2FNO4/c1-23-14-5-2-9(17)6-11(14)16(22)24-8-15(21)20-13-4-3-10(19)7-12(13)18/h2-7H,8H2,1H3,(H,20,21). The van der Waals surface area contributed by atoms with Gasteiger partial charge in [0.25, 0.3) is 5.91 Å². The molecule has 0 heterocycles. The van der Waals surface area contributed by atoms with Gasteiger partial charge in [0, 0.05) is 5.02 Å². The predicted octanol–water partition coefficient (Wildman–Crippen LogP) is 3.94. The van der Waals surface area contributed by atoms with E-state index in [9.17, 15) is 14.0 Å². The number of carbonyl (C=O) groups excluding carboxylic acids is 2. The summed E-state index contributed by atoms with van der Waals surface area (Å²) in [6.07, 6.45) is 0. The fourth-order valence-corrected chi connectivity index (χ4v) is 2.21. The minimum atomic E-state index is -0.769. The van der Waals surface area contributed by atoms with Gasteiger partial charge in [0.2, 0.25) is 0 Å². The Morgan fingerprint density at radius 2 is 1.92 bits per heavy atom. The molecule has 24 heavy (non-hydrogen) atoms. The van der Waals surface area contributed by atoms with E-state index in [4.69, 9.17) is 32.7 Å². The molecule has 2 rings (SSSR count). The smallest absolute Gasteiger partial charge is 0.342 e. The number of hydrogen-bond acceptors (Lipinski definition) is 4. The first-order valence-electron chi connectivity index (χ1n) is 6.66. The molecule has 0 aliphatic rings. The van der Waals surface area contributed by atoms with Crippen molar-refractivity contribution in [1.82, 2.24) is 0 Å². The monoisotopic (exact) mass is 371 g/mol. The van der Waals surface area contributed by atoms with E-state index in [0.29, 0.717) is 5.02 Å². The van der Waals surface area contributed by atoms with Crippen LogP contribution in [0, 0.1) is 5.82 Å². The van der Waals surface area contributed by atoms with Crippen LogP contribution in [0.2, 0.25) is 10.0 Å². The Hall–Kier alpha value is -2.31. The van der Waals surface area contributed by atoms with Gasteiger partial charge in [0.05, 0.1) is 17.8 Å². The van der Waals surface area contributed by atoms with E-state index in [1.165, 1.54) is 25.3 Å². The first kappa shape index (κ1) is 18.0.